The fourth-order valence-electron chi connectivity index (χ4n) is 1.93. The number of nitrogens with zero attached hydrogens (tertiary/aromatic N) is 1. The van der Waals surface area contributed by atoms with E-state index in [9.17, 15) is 4.79 Å². The summed E-state index contributed by atoms with van der Waals surface area (Å²) in [6.07, 6.45) is 2.08. The molecule has 16 heavy (non-hydrogen) atoms. The van der Waals surface area contributed by atoms with Crippen LogP contribution < -0.4 is 5.32 Å². The number of carbonyl (C=O) groups excluding carboxylic acids is 1. The van der Waals surface area contributed by atoms with Crippen LogP contribution >= 0.6 is 12.4 Å². The first-order valence-corrected chi connectivity index (χ1v) is 5.87. The van der Waals surface area contributed by atoms with E-state index in [1.54, 1.807) is 0 Å². The zero-order valence-electron chi connectivity index (χ0n) is 10.2. The number of rotatable bonds is 6. The number of hydrogen-bond donors (Lipinski definition) is 1. The predicted molar refractivity (Wildman–Crippen MR) is 67.0 cm³/mol. The van der Waals surface area contributed by atoms with Gasteiger partial charge in [-0.1, -0.05) is 6.92 Å². The first-order chi connectivity index (χ1) is 7.29. The molecule has 1 heterocycles. The van der Waals surface area contributed by atoms with Crippen LogP contribution in [0.25, 0.3) is 0 Å². The molecule has 96 valence electrons. The maximum atomic E-state index is 11.9. The van der Waals surface area contributed by atoms with Crippen molar-refractivity contribution in [2.75, 3.05) is 32.8 Å². The summed E-state index contributed by atoms with van der Waals surface area (Å²) < 4.78 is 5.17. The van der Waals surface area contributed by atoms with Crippen LogP contribution in [0.1, 0.15) is 26.7 Å². The smallest absolute Gasteiger partial charge is 0.248 e. The van der Waals surface area contributed by atoms with Gasteiger partial charge in [0.15, 0.2) is 0 Å². The fraction of sp³-hybridized carbons (Fsp3) is 0.909. The van der Waals surface area contributed by atoms with E-state index in [2.05, 4.69) is 12.2 Å². The van der Waals surface area contributed by atoms with Gasteiger partial charge in [-0.25, -0.2) is 0 Å². The number of carbonyl (C=O) groups is 1. The van der Waals surface area contributed by atoms with Gasteiger partial charge in [0.2, 0.25) is 5.91 Å². The Hall–Kier alpha value is -0.320. The number of hydrogen-bond acceptors (Lipinski definition) is 3. The van der Waals surface area contributed by atoms with Gasteiger partial charge < -0.3 is 15.0 Å². The van der Waals surface area contributed by atoms with Gasteiger partial charge in [-0.3, -0.25) is 4.79 Å². The predicted octanol–water partition coefficient (Wildman–Crippen LogP) is 1.05. The molecule has 1 N–H and O–H groups in total. The lowest BCUT2D eigenvalue weighted by molar-refractivity contribution is -0.138. The Morgan fingerprint density at radius 2 is 2.25 bits per heavy atom. The maximum Gasteiger partial charge on any atom is 0.248 e. The van der Waals surface area contributed by atoms with Gasteiger partial charge in [-0.2, -0.15) is 0 Å². The lowest BCUT2D eigenvalue weighted by Crippen LogP contribution is -2.43. The highest BCUT2D eigenvalue weighted by molar-refractivity contribution is 5.85. The molecule has 0 aromatic heterocycles. The molecular formula is C11H23ClN2O2. The molecule has 1 saturated heterocycles. The summed E-state index contributed by atoms with van der Waals surface area (Å²) in [5.41, 5.74) is 0. The van der Waals surface area contributed by atoms with Crippen molar-refractivity contribution in [2.24, 2.45) is 0 Å². The van der Waals surface area contributed by atoms with Crippen molar-refractivity contribution in [3.05, 3.63) is 0 Å². The topological polar surface area (TPSA) is 41.6 Å². The van der Waals surface area contributed by atoms with Gasteiger partial charge in [0.25, 0.3) is 0 Å². The summed E-state index contributed by atoms with van der Waals surface area (Å²) in [7, 11) is 0. The minimum Gasteiger partial charge on any atom is -0.372 e. The van der Waals surface area contributed by atoms with Crippen LogP contribution in [0.15, 0.2) is 0 Å². The molecule has 0 bridgehead atoms. The zero-order valence-corrected chi connectivity index (χ0v) is 11.0. The summed E-state index contributed by atoms with van der Waals surface area (Å²) in [5.74, 6) is 0.132. The Kier molecular flexibility index (Phi) is 8.61. The largest absolute Gasteiger partial charge is 0.372 e. The fourth-order valence-corrected chi connectivity index (χ4v) is 1.93. The molecule has 1 aliphatic heterocycles. The Bertz CT molecular complexity index is 196. The molecule has 1 aliphatic rings. The van der Waals surface area contributed by atoms with Crippen LogP contribution in [-0.4, -0.2) is 49.7 Å². The summed E-state index contributed by atoms with van der Waals surface area (Å²) in [6.45, 7) is 7.64. The summed E-state index contributed by atoms with van der Waals surface area (Å²) in [4.78, 5) is 13.8. The van der Waals surface area contributed by atoms with Crippen LogP contribution in [0, 0.1) is 0 Å². The first kappa shape index (κ1) is 15.7. The van der Waals surface area contributed by atoms with E-state index in [1.165, 1.54) is 0 Å². The van der Waals surface area contributed by atoms with Gasteiger partial charge in [-0.05, 0) is 26.3 Å². The molecule has 0 aromatic carbocycles. The summed E-state index contributed by atoms with van der Waals surface area (Å²) >= 11 is 0. The Labute approximate surface area is 104 Å². The number of ether oxygens (including phenoxy) is 1. The van der Waals surface area contributed by atoms with Gasteiger partial charge >= 0.3 is 0 Å². The summed E-state index contributed by atoms with van der Waals surface area (Å²) in [6, 6.07) is 0.373. The first-order valence-electron chi connectivity index (χ1n) is 5.87. The molecule has 0 aliphatic carbocycles. The van der Waals surface area contributed by atoms with Gasteiger partial charge in [0.05, 0.1) is 0 Å². The van der Waals surface area contributed by atoms with E-state index in [0.717, 1.165) is 32.5 Å². The Balaban J connectivity index is 0.00000225. The zero-order chi connectivity index (χ0) is 11.1. The third kappa shape index (κ3) is 4.68. The van der Waals surface area contributed by atoms with E-state index < -0.39 is 0 Å². The molecule has 4 nitrogen and oxygen atoms in total. The number of nitrogens with one attached hydrogen (secondary N) is 1. The normalized spacial score (nSPS) is 19.2. The average molecular weight is 251 g/mol. The second-order valence-electron chi connectivity index (χ2n) is 3.87. The van der Waals surface area contributed by atoms with Crippen LogP contribution in [0.2, 0.25) is 0 Å². The van der Waals surface area contributed by atoms with Crippen LogP contribution in [0.3, 0.4) is 0 Å². The lowest BCUT2D eigenvalue weighted by atomic mass is 10.2. The molecule has 5 heteroatoms. The van der Waals surface area contributed by atoms with Gasteiger partial charge in [-0.15, -0.1) is 12.4 Å². The third-order valence-electron chi connectivity index (χ3n) is 2.69. The number of amides is 1. The van der Waals surface area contributed by atoms with E-state index in [-0.39, 0.29) is 24.9 Å². The third-order valence-corrected chi connectivity index (χ3v) is 2.69. The highest BCUT2D eigenvalue weighted by Gasteiger charge is 2.25. The molecule has 1 atom stereocenters. The highest BCUT2D eigenvalue weighted by atomic mass is 35.5. The Morgan fingerprint density at radius 3 is 2.75 bits per heavy atom. The van der Waals surface area contributed by atoms with Crippen molar-refractivity contribution < 1.29 is 9.53 Å². The Morgan fingerprint density at radius 1 is 1.50 bits per heavy atom. The molecule has 1 fully saturated rings. The minimum atomic E-state index is 0. The lowest BCUT2D eigenvalue weighted by Gasteiger charge is -2.28. The van der Waals surface area contributed by atoms with Crippen molar-refractivity contribution in [1.82, 2.24) is 10.2 Å². The van der Waals surface area contributed by atoms with Gasteiger partial charge in [0.1, 0.15) is 6.61 Å². The second-order valence-corrected chi connectivity index (χ2v) is 3.87. The van der Waals surface area contributed by atoms with E-state index in [1.807, 2.05) is 11.8 Å². The molecule has 1 rings (SSSR count). The monoisotopic (exact) mass is 250 g/mol. The standard InChI is InChI=1S/C11H22N2O2.ClH/c1-3-7-13(10-5-6-12-8-10)11(14)9-15-4-2;/h10,12H,3-9H2,1-2H3;1H. The quantitative estimate of drug-likeness (QED) is 0.766. The minimum absolute atomic E-state index is 0. The SMILES string of the molecule is CCCN(C(=O)COCC)C1CCNC1.Cl. The van der Waals surface area contributed by atoms with Crippen molar-refractivity contribution in [1.29, 1.82) is 0 Å². The van der Waals surface area contributed by atoms with E-state index in [4.69, 9.17) is 4.74 Å². The summed E-state index contributed by atoms with van der Waals surface area (Å²) in [5, 5.41) is 3.29. The van der Waals surface area contributed by atoms with Crippen LogP contribution in [-0.2, 0) is 9.53 Å². The van der Waals surface area contributed by atoms with Crippen LogP contribution in [0.5, 0.6) is 0 Å². The van der Waals surface area contributed by atoms with Crippen molar-refractivity contribution in [2.45, 2.75) is 32.7 Å². The van der Waals surface area contributed by atoms with Crippen molar-refractivity contribution >= 4 is 18.3 Å². The van der Waals surface area contributed by atoms with E-state index >= 15 is 0 Å². The molecule has 0 spiro atoms. The maximum absolute atomic E-state index is 11.9. The molecule has 0 aromatic rings. The van der Waals surface area contributed by atoms with Crippen molar-refractivity contribution in [3.8, 4) is 0 Å². The number of halogens is 1. The second kappa shape index (κ2) is 8.79. The highest BCUT2D eigenvalue weighted by Crippen LogP contribution is 2.09. The molecular weight excluding hydrogens is 228 g/mol. The van der Waals surface area contributed by atoms with Crippen molar-refractivity contribution in [3.63, 3.8) is 0 Å². The average Bonchev–Trinajstić information content (AvgIpc) is 2.75. The molecule has 1 amide bonds. The van der Waals surface area contributed by atoms with Crippen LogP contribution in [0.4, 0.5) is 0 Å². The van der Waals surface area contributed by atoms with Gasteiger partial charge in [0, 0.05) is 25.7 Å². The van der Waals surface area contributed by atoms with E-state index in [0.29, 0.717) is 12.6 Å². The molecule has 0 radical (unpaired) electrons. The molecule has 1 unspecified atom stereocenters. The molecule has 0 saturated carbocycles.